The third kappa shape index (κ3) is 5.28. The molecule has 176 valence electrons. The van der Waals surface area contributed by atoms with Crippen LogP contribution in [0.3, 0.4) is 0 Å². The molecule has 0 aromatic heterocycles. The average molecular weight is 593 g/mol. The van der Waals surface area contributed by atoms with Gasteiger partial charge in [-0.3, -0.25) is 4.90 Å². The fourth-order valence-electron chi connectivity index (χ4n) is 5.06. The van der Waals surface area contributed by atoms with E-state index < -0.39 is 23.2 Å². The molecule has 3 aromatic rings. The summed E-state index contributed by atoms with van der Waals surface area (Å²) in [6.07, 6.45) is 0. The SMILES string of the molecule is CC(C)(O)[C@H](c1cc(F)cc(F)c1)C1CN([C@@H](c2cccc(C#N)c2)c2ccc(Cl)c(I)c2)C1. The Kier molecular flexibility index (Phi) is 7.30. The van der Waals surface area contributed by atoms with Gasteiger partial charge in [-0.2, -0.15) is 5.26 Å². The van der Waals surface area contributed by atoms with Crippen LogP contribution in [0.5, 0.6) is 0 Å². The van der Waals surface area contributed by atoms with Crippen LogP contribution in [0.25, 0.3) is 0 Å². The summed E-state index contributed by atoms with van der Waals surface area (Å²) >= 11 is 8.46. The van der Waals surface area contributed by atoms with E-state index in [2.05, 4.69) is 33.6 Å². The molecule has 3 nitrogen and oxygen atoms in total. The van der Waals surface area contributed by atoms with Crippen LogP contribution in [0.2, 0.25) is 5.02 Å². The first-order valence-electron chi connectivity index (χ1n) is 10.9. The zero-order valence-corrected chi connectivity index (χ0v) is 21.7. The van der Waals surface area contributed by atoms with E-state index in [0.717, 1.165) is 20.8 Å². The maximum atomic E-state index is 14.0. The van der Waals surface area contributed by atoms with Gasteiger partial charge in [-0.05, 0) is 95.4 Å². The molecule has 0 bridgehead atoms. The smallest absolute Gasteiger partial charge is 0.126 e. The highest BCUT2D eigenvalue weighted by molar-refractivity contribution is 14.1. The molecule has 1 aliphatic rings. The van der Waals surface area contributed by atoms with Crippen molar-refractivity contribution in [1.82, 2.24) is 4.90 Å². The molecule has 7 heteroatoms. The molecule has 0 spiro atoms. The normalized spacial score (nSPS) is 16.5. The lowest BCUT2D eigenvalue weighted by molar-refractivity contribution is -0.0309. The van der Waals surface area contributed by atoms with Gasteiger partial charge in [0.25, 0.3) is 0 Å². The van der Waals surface area contributed by atoms with Crippen LogP contribution in [0.15, 0.2) is 60.7 Å². The lowest BCUT2D eigenvalue weighted by Gasteiger charge is -2.50. The van der Waals surface area contributed by atoms with Crippen molar-refractivity contribution in [3.63, 3.8) is 0 Å². The van der Waals surface area contributed by atoms with Crippen molar-refractivity contribution in [3.8, 4) is 6.07 Å². The maximum Gasteiger partial charge on any atom is 0.126 e. The van der Waals surface area contributed by atoms with Gasteiger partial charge in [-0.15, -0.1) is 0 Å². The van der Waals surface area contributed by atoms with Crippen molar-refractivity contribution in [1.29, 1.82) is 5.26 Å². The van der Waals surface area contributed by atoms with Crippen molar-refractivity contribution < 1.29 is 13.9 Å². The fourth-order valence-corrected chi connectivity index (χ4v) is 5.71. The molecule has 1 aliphatic heterocycles. The summed E-state index contributed by atoms with van der Waals surface area (Å²) in [6, 6.07) is 19.0. The van der Waals surface area contributed by atoms with Crippen LogP contribution >= 0.6 is 34.2 Å². The van der Waals surface area contributed by atoms with Crippen molar-refractivity contribution in [2.75, 3.05) is 13.1 Å². The standard InChI is InChI=1S/C27H24ClF2IN2O/c1-27(2,34)25(19-9-21(29)12-22(30)10-19)20-14-33(15-20)26(17-5-3-4-16(8-17)13-32)18-6-7-23(28)24(31)11-18/h3-12,20,25-26,34H,14-15H2,1-2H3/t25-,26+/m1/s1. The van der Waals surface area contributed by atoms with Gasteiger partial charge in [0.15, 0.2) is 0 Å². The summed E-state index contributed by atoms with van der Waals surface area (Å²) in [5, 5.41) is 21.0. The fraction of sp³-hybridized carbons (Fsp3) is 0.296. The van der Waals surface area contributed by atoms with Gasteiger partial charge in [0.05, 0.1) is 28.3 Å². The predicted molar refractivity (Wildman–Crippen MR) is 138 cm³/mol. The minimum absolute atomic E-state index is 0.00535. The molecule has 0 unspecified atom stereocenters. The molecule has 0 aliphatic carbocycles. The Morgan fingerprint density at radius 1 is 1.03 bits per heavy atom. The van der Waals surface area contributed by atoms with E-state index in [1.807, 2.05) is 36.4 Å². The Morgan fingerprint density at radius 2 is 1.68 bits per heavy atom. The highest BCUT2D eigenvalue weighted by atomic mass is 127. The van der Waals surface area contributed by atoms with Crippen molar-refractivity contribution in [2.45, 2.75) is 31.4 Å². The molecule has 1 saturated heterocycles. The summed E-state index contributed by atoms with van der Waals surface area (Å²) in [5.41, 5.74) is 1.89. The Morgan fingerprint density at radius 3 is 2.26 bits per heavy atom. The number of likely N-dealkylation sites (tertiary alicyclic amines) is 1. The van der Waals surface area contributed by atoms with Crippen LogP contribution in [-0.4, -0.2) is 28.7 Å². The maximum absolute atomic E-state index is 14.0. The second kappa shape index (κ2) is 9.90. The number of nitriles is 1. The van der Waals surface area contributed by atoms with E-state index >= 15 is 0 Å². The van der Waals surface area contributed by atoms with E-state index in [-0.39, 0.29) is 12.0 Å². The van der Waals surface area contributed by atoms with E-state index in [1.165, 1.54) is 12.1 Å². The number of aliphatic hydroxyl groups is 1. The van der Waals surface area contributed by atoms with Crippen molar-refractivity contribution >= 4 is 34.2 Å². The predicted octanol–water partition coefficient (Wildman–Crippen LogP) is 6.67. The van der Waals surface area contributed by atoms with Gasteiger partial charge >= 0.3 is 0 Å². The van der Waals surface area contributed by atoms with Gasteiger partial charge in [0.2, 0.25) is 0 Å². The summed E-state index contributed by atoms with van der Waals surface area (Å²) in [6.45, 7) is 4.60. The third-order valence-corrected chi connectivity index (χ3v) is 7.91. The molecule has 3 aromatic carbocycles. The van der Waals surface area contributed by atoms with E-state index in [4.69, 9.17) is 11.6 Å². The Hall–Kier alpha value is -2.05. The molecule has 1 fully saturated rings. The largest absolute Gasteiger partial charge is 0.390 e. The van der Waals surface area contributed by atoms with Gasteiger partial charge in [-0.25, -0.2) is 8.78 Å². The second-order valence-electron chi connectivity index (χ2n) is 9.36. The van der Waals surface area contributed by atoms with Crippen molar-refractivity contribution in [2.24, 2.45) is 5.92 Å². The van der Waals surface area contributed by atoms with Gasteiger partial charge in [0, 0.05) is 28.6 Å². The summed E-state index contributed by atoms with van der Waals surface area (Å²) in [5.74, 6) is -1.75. The lowest BCUT2D eigenvalue weighted by atomic mass is 9.71. The first-order chi connectivity index (χ1) is 16.1. The number of benzene rings is 3. The molecule has 1 N–H and O–H groups in total. The molecule has 4 rings (SSSR count). The van der Waals surface area contributed by atoms with Gasteiger partial charge < -0.3 is 5.11 Å². The molecular weight excluding hydrogens is 569 g/mol. The van der Waals surface area contributed by atoms with Crippen LogP contribution in [0.4, 0.5) is 8.78 Å². The quantitative estimate of drug-likeness (QED) is 0.325. The Labute approximate surface area is 217 Å². The van der Waals surface area contributed by atoms with E-state index in [9.17, 15) is 19.1 Å². The topological polar surface area (TPSA) is 47.3 Å². The second-order valence-corrected chi connectivity index (χ2v) is 10.9. The molecule has 0 radical (unpaired) electrons. The number of nitrogens with zero attached hydrogens (tertiary/aromatic N) is 2. The highest BCUT2D eigenvalue weighted by Crippen LogP contribution is 2.44. The monoisotopic (exact) mass is 592 g/mol. The summed E-state index contributed by atoms with van der Waals surface area (Å²) < 4.78 is 28.9. The molecular formula is C27H24ClF2IN2O. The van der Waals surface area contributed by atoms with Gasteiger partial charge in [-0.1, -0.05) is 29.8 Å². The van der Waals surface area contributed by atoms with Gasteiger partial charge in [0.1, 0.15) is 11.6 Å². The van der Waals surface area contributed by atoms with E-state index in [0.29, 0.717) is 29.2 Å². The Bertz CT molecular complexity index is 1230. The van der Waals surface area contributed by atoms with E-state index in [1.54, 1.807) is 19.9 Å². The lowest BCUT2D eigenvalue weighted by Crippen LogP contribution is -2.54. The zero-order chi connectivity index (χ0) is 24.6. The summed E-state index contributed by atoms with van der Waals surface area (Å²) in [7, 11) is 0. The van der Waals surface area contributed by atoms with Crippen LogP contribution in [0, 0.1) is 32.5 Å². The number of rotatable bonds is 6. The molecule has 0 saturated carbocycles. The Balaban J connectivity index is 1.68. The number of halogens is 4. The minimum atomic E-state index is -1.16. The third-order valence-electron chi connectivity index (χ3n) is 6.37. The first-order valence-corrected chi connectivity index (χ1v) is 12.4. The van der Waals surface area contributed by atoms with Crippen molar-refractivity contribution in [3.05, 3.63) is 103 Å². The number of hydrogen-bond acceptors (Lipinski definition) is 3. The number of hydrogen-bond donors (Lipinski definition) is 1. The molecule has 2 atom stereocenters. The van der Waals surface area contributed by atoms with Crippen LogP contribution < -0.4 is 0 Å². The molecule has 34 heavy (non-hydrogen) atoms. The highest BCUT2D eigenvalue weighted by Gasteiger charge is 2.44. The first kappa shape index (κ1) is 25.1. The summed E-state index contributed by atoms with van der Waals surface area (Å²) in [4.78, 5) is 2.26. The minimum Gasteiger partial charge on any atom is -0.390 e. The molecule has 1 heterocycles. The van der Waals surface area contributed by atoms with Crippen LogP contribution in [0.1, 0.15) is 48.1 Å². The average Bonchev–Trinajstić information content (AvgIpc) is 2.73. The molecule has 0 amide bonds. The zero-order valence-electron chi connectivity index (χ0n) is 18.8. The van der Waals surface area contributed by atoms with Crippen LogP contribution in [-0.2, 0) is 0 Å².